The van der Waals surface area contributed by atoms with E-state index >= 15 is 0 Å². The zero-order valence-corrected chi connectivity index (χ0v) is 14.8. The van der Waals surface area contributed by atoms with E-state index in [0.717, 1.165) is 25.1 Å². The number of rotatable bonds is 5. The van der Waals surface area contributed by atoms with E-state index in [1.807, 2.05) is 24.5 Å². The number of benzene rings is 1. The van der Waals surface area contributed by atoms with Gasteiger partial charge in [0.1, 0.15) is 0 Å². The standard InChI is InChI=1S/C19H23N3S/c1-19(2)13-22(17-11-14(12-20)6-7-15(17)19)16(8-9-21-3)18-5-4-10-23-18/h4-7,10-11,16,21H,8-9,13H2,1-3H3. The average Bonchev–Trinajstić information content (AvgIpc) is 3.15. The van der Waals surface area contributed by atoms with Gasteiger partial charge in [-0.2, -0.15) is 5.26 Å². The van der Waals surface area contributed by atoms with Crippen LogP contribution in [0.3, 0.4) is 0 Å². The molecule has 1 N–H and O–H groups in total. The molecule has 0 spiro atoms. The smallest absolute Gasteiger partial charge is 0.0992 e. The van der Waals surface area contributed by atoms with Crippen molar-refractivity contribution in [3.05, 3.63) is 51.7 Å². The maximum atomic E-state index is 9.27. The van der Waals surface area contributed by atoms with Crippen molar-refractivity contribution in [2.24, 2.45) is 0 Å². The summed E-state index contributed by atoms with van der Waals surface area (Å²) in [7, 11) is 2.00. The summed E-state index contributed by atoms with van der Waals surface area (Å²) in [4.78, 5) is 3.89. The van der Waals surface area contributed by atoms with Gasteiger partial charge in [0.2, 0.25) is 0 Å². The van der Waals surface area contributed by atoms with Crippen LogP contribution in [0, 0.1) is 11.3 Å². The van der Waals surface area contributed by atoms with Crippen molar-refractivity contribution in [1.82, 2.24) is 5.32 Å². The van der Waals surface area contributed by atoms with Crippen molar-refractivity contribution in [2.45, 2.75) is 31.7 Å². The normalized spacial score (nSPS) is 16.9. The number of thiophene rings is 1. The molecule has 1 aliphatic heterocycles. The average molecular weight is 325 g/mol. The predicted molar refractivity (Wildman–Crippen MR) is 97.1 cm³/mol. The number of nitriles is 1. The third-order valence-electron chi connectivity index (χ3n) is 4.65. The van der Waals surface area contributed by atoms with Crippen molar-refractivity contribution in [2.75, 3.05) is 25.0 Å². The van der Waals surface area contributed by atoms with Gasteiger partial charge >= 0.3 is 0 Å². The lowest BCUT2D eigenvalue weighted by atomic mass is 9.86. The fraction of sp³-hybridized carbons (Fsp3) is 0.421. The Morgan fingerprint density at radius 3 is 2.87 bits per heavy atom. The molecule has 0 saturated heterocycles. The summed E-state index contributed by atoms with van der Waals surface area (Å²) in [5.74, 6) is 0. The molecule has 2 aromatic rings. The molecule has 3 rings (SSSR count). The minimum atomic E-state index is 0.110. The first kappa shape index (κ1) is 16.0. The molecule has 0 fully saturated rings. The SMILES string of the molecule is CNCCC(c1cccs1)N1CC(C)(C)c2ccc(C#N)cc21. The van der Waals surface area contributed by atoms with Crippen molar-refractivity contribution in [3.8, 4) is 6.07 Å². The highest BCUT2D eigenvalue weighted by Crippen LogP contribution is 2.46. The van der Waals surface area contributed by atoms with E-state index < -0.39 is 0 Å². The monoisotopic (exact) mass is 325 g/mol. The fourth-order valence-corrected chi connectivity index (χ4v) is 4.37. The van der Waals surface area contributed by atoms with Gasteiger partial charge in [-0.1, -0.05) is 26.0 Å². The highest BCUT2D eigenvalue weighted by atomic mass is 32.1. The van der Waals surface area contributed by atoms with Crippen LogP contribution in [0.2, 0.25) is 0 Å². The summed E-state index contributed by atoms with van der Waals surface area (Å²) in [5, 5.41) is 14.7. The molecule has 1 aromatic carbocycles. The first-order chi connectivity index (χ1) is 11.1. The molecule has 0 aliphatic carbocycles. The molecule has 3 nitrogen and oxygen atoms in total. The Hall–Kier alpha value is -1.83. The quantitative estimate of drug-likeness (QED) is 0.901. The summed E-state index contributed by atoms with van der Waals surface area (Å²) in [6, 6.07) is 13.1. The van der Waals surface area contributed by atoms with Crippen LogP contribution >= 0.6 is 11.3 Å². The third kappa shape index (κ3) is 2.99. The number of nitrogens with one attached hydrogen (secondary N) is 1. The summed E-state index contributed by atoms with van der Waals surface area (Å²) in [6.07, 6.45) is 1.06. The van der Waals surface area contributed by atoms with Crippen LogP contribution in [0.1, 0.15) is 42.3 Å². The molecule has 1 aromatic heterocycles. The van der Waals surface area contributed by atoms with Crippen molar-refractivity contribution in [1.29, 1.82) is 5.26 Å². The molecule has 1 unspecified atom stereocenters. The molecule has 120 valence electrons. The van der Waals surface area contributed by atoms with E-state index in [1.165, 1.54) is 16.1 Å². The van der Waals surface area contributed by atoms with Gasteiger partial charge in [0, 0.05) is 22.5 Å². The minimum Gasteiger partial charge on any atom is -0.362 e. The Labute approximate surface area is 142 Å². The Morgan fingerprint density at radius 2 is 2.22 bits per heavy atom. The lowest BCUT2D eigenvalue weighted by Crippen LogP contribution is -2.33. The Morgan fingerprint density at radius 1 is 1.39 bits per heavy atom. The molecule has 0 bridgehead atoms. The summed E-state index contributed by atoms with van der Waals surface area (Å²) >= 11 is 1.82. The molecule has 0 saturated carbocycles. The van der Waals surface area contributed by atoms with Crippen LogP contribution in [0.15, 0.2) is 35.7 Å². The predicted octanol–water partition coefficient (Wildman–Crippen LogP) is 4.07. The number of hydrogen-bond acceptors (Lipinski definition) is 4. The third-order valence-corrected chi connectivity index (χ3v) is 5.62. The van der Waals surface area contributed by atoms with Crippen LogP contribution in [-0.4, -0.2) is 20.1 Å². The zero-order valence-electron chi connectivity index (χ0n) is 14.0. The number of hydrogen-bond donors (Lipinski definition) is 1. The minimum absolute atomic E-state index is 0.110. The maximum Gasteiger partial charge on any atom is 0.0992 e. The summed E-state index contributed by atoms with van der Waals surface area (Å²) in [5.41, 5.74) is 3.43. The van der Waals surface area contributed by atoms with E-state index in [2.05, 4.69) is 59.8 Å². The van der Waals surface area contributed by atoms with E-state index in [4.69, 9.17) is 0 Å². The van der Waals surface area contributed by atoms with Gasteiger partial charge in [0.25, 0.3) is 0 Å². The largest absolute Gasteiger partial charge is 0.362 e. The highest BCUT2D eigenvalue weighted by Gasteiger charge is 2.38. The van der Waals surface area contributed by atoms with Gasteiger partial charge in [-0.05, 0) is 49.2 Å². The van der Waals surface area contributed by atoms with Gasteiger partial charge in [-0.15, -0.1) is 11.3 Å². The molecule has 4 heteroatoms. The summed E-state index contributed by atoms with van der Waals surface area (Å²) in [6.45, 7) is 6.55. The molecule has 1 atom stereocenters. The van der Waals surface area contributed by atoms with E-state index in [-0.39, 0.29) is 5.41 Å². The molecular formula is C19H23N3S. The lowest BCUT2D eigenvalue weighted by Gasteiger charge is -2.31. The second-order valence-electron chi connectivity index (χ2n) is 6.78. The molecule has 23 heavy (non-hydrogen) atoms. The van der Waals surface area contributed by atoms with Crippen molar-refractivity contribution in [3.63, 3.8) is 0 Å². The van der Waals surface area contributed by atoms with Crippen LogP contribution in [0.5, 0.6) is 0 Å². The van der Waals surface area contributed by atoms with Crippen LogP contribution in [-0.2, 0) is 5.41 Å². The highest BCUT2D eigenvalue weighted by molar-refractivity contribution is 7.10. The first-order valence-electron chi connectivity index (χ1n) is 8.06. The van der Waals surface area contributed by atoms with Gasteiger partial charge in [0.05, 0.1) is 17.7 Å². The molecule has 2 heterocycles. The topological polar surface area (TPSA) is 39.1 Å². The van der Waals surface area contributed by atoms with Crippen molar-refractivity contribution >= 4 is 17.0 Å². The lowest BCUT2D eigenvalue weighted by molar-refractivity contribution is 0.500. The van der Waals surface area contributed by atoms with Crippen LogP contribution in [0.25, 0.3) is 0 Å². The Kier molecular flexibility index (Phi) is 4.43. The van der Waals surface area contributed by atoms with E-state index in [1.54, 1.807) is 0 Å². The molecule has 0 amide bonds. The van der Waals surface area contributed by atoms with Gasteiger partial charge in [0.15, 0.2) is 0 Å². The maximum absolute atomic E-state index is 9.27. The number of nitrogens with zero attached hydrogens (tertiary/aromatic N) is 2. The second kappa shape index (κ2) is 6.35. The number of fused-ring (bicyclic) bond motifs is 1. The van der Waals surface area contributed by atoms with Gasteiger partial charge in [-0.25, -0.2) is 0 Å². The Balaban J connectivity index is 2.04. The van der Waals surface area contributed by atoms with Gasteiger partial charge in [-0.3, -0.25) is 0 Å². The molecule has 0 radical (unpaired) electrons. The first-order valence-corrected chi connectivity index (χ1v) is 8.94. The molecular weight excluding hydrogens is 302 g/mol. The molecule has 1 aliphatic rings. The van der Waals surface area contributed by atoms with Gasteiger partial charge < -0.3 is 10.2 Å². The van der Waals surface area contributed by atoms with Crippen molar-refractivity contribution < 1.29 is 0 Å². The second-order valence-corrected chi connectivity index (χ2v) is 7.76. The summed E-state index contributed by atoms with van der Waals surface area (Å²) < 4.78 is 0. The fourth-order valence-electron chi connectivity index (χ4n) is 3.50. The Bertz CT molecular complexity index is 713. The number of anilines is 1. The van der Waals surface area contributed by atoms with E-state index in [0.29, 0.717) is 6.04 Å². The van der Waals surface area contributed by atoms with Crippen LogP contribution < -0.4 is 10.2 Å². The zero-order chi connectivity index (χ0) is 16.4. The van der Waals surface area contributed by atoms with Crippen LogP contribution in [0.4, 0.5) is 5.69 Å². The van der Waals surface area contributed by atoms with E-state index in [9.17, 15) is 5.26 Å².